The van der Waals surface area contributed by atoms with E-state index in [1.807, 2.05) is 25.1 Å². The van der Waals surface area contributed by atoms with E-state index in [1.54, 1.807) is 6.92 Å². The zero-order chi connectivity index (χ0) is 15.9. The Bertz CT molecular complexity index is 941. The van der Waals surface area contributed by atoms with Crippen molar-refractivity contribution < 1.29 is 9.90 Å². The van der Waals surface area contributed by atoms with Gasteiger partial charge in [-0.15, -0.1) is 11.3 Å². The molecule has 22 heavy (non-hydrogen) atoms. The molecule has 2 aromatic heterocycles. The molecule has 0 saturated heterocycles. The molecule has 0 spiro atoms. The number of aromatic nitrogens is 2. The van der Waals surface area contributed by atoms with Crippen LogP contribution in [0.1, 0.15) is 32.2 Å². The highest BCUT2D eigenvalue weighted by atomic mass is 32.1. The van der Waals surface area contributed by atoms with E-state index in [0.717, 1.165) is 16.8 Å². The molecule has 112 valence electrons. The smallest absolute Gasteiger partial charge is 0.346 e. The van der Waals surface area contributed by atoms with Crippen LogP contribution in [0.5, 0.6) is 0 Å². The lowest BCUT2D eigenvalue weighted by Crippen LogP contribution is -1.97. The van der Waals surface area contributed by atoms with Crippen LogP contribution in [-0.4, -0.2) is 21.0 Å². The number of hydrogen-bond acceptors (Lipinski definition) is 4. The lowest BCUT2D eigenvalue weighted by atomic mass is 10.1. The molecule has 0 fully saturated rings. The predicted octanol–water partition coefficient (Wildman–Crippen LogP) is 4.26. The van der Waals surface area contributed by atoms with Gasteiger partial charge in [-0.1, -0.05) is 42.0 Å². The summed E-state index contributed by atoms with van der Waals surface area (Å²) < 4.78 is 0.550. The summed E-state index contributed by atoms with van der Waals surface area (Å²) in [6.45, 7) is 3.82. The highest BCUT2D eigenvalue weighted by Gasteiger charge is 2.17. The van der Waals surface area contributed by atoms with E-state index in [4.69, 9.17) is 12.2 Å². The molecule has 2 heterocycles. The van der Waals surface area contributed by atoms with E-state index in [-0.39, 0.29) is 0 Å². The van der Waals surface area contributed by atoms with Crippen molar-refractivity contribution in [3.63, 3.8) is 0 Å². The van der Waals surface area contributed by atoms with E-state index >= 15 is 0 Å². The van der Waals surface area contributed by atoms with Crippen molar-refractivity contribution in [3.8, 4) is 0 Å². The minimum atomic E-state index is -0.935. The molecule has 0 radical (unpaired) electrons. The van der Waals surface area contributed by atoms with Crippen molar-refractivity contribution >= 4 is 39.7 Å². The Kier molecular flexibility index (Phi) is 3.80. The highest BCUT2D eigenvalue weighted by molar-refractivity contribution is 7.71. The lowest BCUT2D eigenvalue weighted by Gasteiger charge is -2.03. The number of aromatic carboxylic acids is 1. The monoisotopic (exact) mass is 330 g/mol. The van der Waals surface area contributed by atoms with Gasteiger partial charge in [0.1, 0.15) is 20.2 Å². The average molecular weight is 330 g/mol. The van der Waals surface area contributed by atoms with Crippen LogP contribution < -0.4 is 0 Å². The van der Waals surface area contributed by atoms with E-state index in [0.29, 0.717) is 26.3 Å². The number of carbonyl (C=O) groups is 1. The summed E-state index contributed by atoms with van der Waals surface area (Å²) in [5.74, 6) is -0.184. The first kappa shape index (κ1) is 14.9. The van der Waals surface area contributed by atoms with Gasteiger partial charge in [-0.3, -0.25) is 0 Å². The van der Waals surface area contributed by atoms with Gasteiger partial charge in [0.25, 0.3) is 0 Å². The first-order valence-corrected chi connectivity index (χ1v) is 7.99. The summed E-state index contributed by atoms with van der Waals surface area (Å²) in [5, 5.41) is 9.97. The molecule has 0 atom stereocenters. The minimum Gasteiger partial charge on any atom is -0.477 e. The molecule has 1 aromatic carbocycles. The molecule has 2 N–H and O–H groups in total. The summed E-state index contributed by atoms with van der Waals surface area (Å²) in [6, 6.07) is 8.20. The average Bonchev–Trinajstić information content (AvgIpc) is 2.76. The number of hydrogen-bond donors (Lipinski definition) is 2. The molecule has 0 aliphatic heterocycles. The van der Waals surface area contributed by atoms with Crippen LogP contribution in [0.4, 0.5) is 0 Å². The summed E-state index contributed by atoms with van der Waals surface area (Å²) >= 11 is 6.57. The van der Waals surface area contributed by atoms with Gasteiger partial charge in [-0.25, -0.2) is 9.78 Å². The molecule has 0 amide bonds. The Morgan fingerprint density at radius 1 is 1.41 bits per heavy atom. The third-order valence-corrected chi connectivity index (χ3v) is 4.98. The van der Waals surface area contributed by atoms with E-state index in [2.05, 4.69) is 16.0 Å². The molecule has 0 unspecified atom stereocenters. The summed E-state index contributed by atoms with van der Waals surface area (Å²) in [7, 11) is 0. The Morgan fingerprint density at radius 3 is 2.86 bits per heavy atom. The quantitative estimate of drug-likeness (QED) is 0.704. The zero-order valence-electron chi connectivity index (χ0n) is 12.1. The second kappa shape index (κ2) is 5.62. The van der Waals surface area contributed by atoms with Crippen molar-refractivity contribution in [1.29, 1.82) is 0 Å². The van der Waals surface area contributed by atoms with Gasteiger partial charge in [0.05, 0.1) is 0 Å². The molecule has 0 bridgehead atoms. The maximum atomic E-state index is 11.3. The van der Waals surface area contributed by atoms with Gasteiger partial charge < -0.3 is 10.1 Å². The number of aromatic amines is 1. The fraction of sp³-hybridized carbons (Fsp3) is 0.188. The lowest BCUT2D eigenvalue weighted by molar-refractivity contribution is 0.0701. The number of nitrogens with one attached hydrogen (secondary N) is 1. The minimum absolute atomic E-state index is 0.301. The predicted molar refractivity (Wildman–Crippen MR) is 90.5 cm³/mol. The summed E-state index contributed by atoms with van der Waals surface area (Å²) in [6.07, 6.45) is 0.639. The van der Waals surface area contributed by atoms with E-state index in [9.17, 15) is 9.90 Å². The molecule has 0 saturated carbocycles. The van der Waals surface area contributed by atoms with Crippen molar-refractivity contribution in [3.05, 3.63) is 56.3 Å². The third-order valence-electron chi connectivity index (χ3n) is 3.50. The topological polar surface area (TPSA) is 66.0 Å². The van der Waals surface area contributed by atoms with Gasteiger partial charge in [0.15, 0.2) is 0 Å². The Hall–Kier alpha value is -2.05. The van der Waals surface area contributed by atoms with Crippen LogP contribution in [0.2, 0.25) is 0 Å². The van der Waals surface area contributed by atoms with Gasteiger partial charge in [0.2, 0.25) is 0 Å². The van der Waals surface area contributed by atoms with Crippen LogP contribution in [0.15, 0.2) is 24.3 Å². The van der Waals surface area contributed by atoms with Gasteiger partial charge in [-0.2, -0.15) is 0 Å². The summed E-state index contributed by atoms with van der Waals surface area (Å²) in [5.41, 5.74) is 3.02. The molecule has 6 heteroatoms. The zero-order valence-corrected chi connectivity index (χ0v) is 13.8. The van der Waals surface area contributed by atoms with Crippen molar-refractivity contribution in [2.75, 3.05) is 0 Å². The number of carboxylic acids is 1. The molecular formula is C16H14N2O2S2. The highest BCUT2D eigenvalue weighted by Crippen LogP contribution is 2.30. The maximum Gasteiger partial charge on any atom is 0.346 e. The van der Waals surface area contributed by atoms with Gasteiger partial charge in [0, 0.05) is 11.8 Å². The number of thiophene rings is 1. The van der Waals surface area contributed by atoms with Crippen molar-refractivity contribution in [2.24, 2.45) is 0 Å². The second-order valence-corrected chi connectivity index (χ2v) is 6.63. The van der Waals surface area contributed by atoms with E-state index < -0.39 is 5.97 Å². The van der Waals surface area contributed by atoms with Crippen LogP contribution in [0, 0.1) is 18.5 Å². The fourth-order valence-corrected chi connectivity index (χ4v) is 3.97. The molecule has 0 aliphatic carbocycles. The normalized spacial score (nSPS) is 11.0. The Morgan fingerprint density at radius 2 is 2.18 bits per heavy atom. The standard InChI is InChI=1S/C16H14N2O2S2/c1-8-4-3-5-10(6-8)7-11-17-14(21)12-9(2)13(16(19)20)22-15(12)18-11/h3-6H,7H2,1-2H3,(H,19,20)(H,17,18,21). The number of nitrogens with zero attached hydrogens (tertiary/aromatic N) is 1. The summed E-state index contributed by atoms with van der Waals surface area (Å²) in [4.78, 5) is 19.9. The van der Waals surface area contributed by atoms with Gasteiger partial charge in [-0.05, 0) is 25.0 Å². The second-order valence-electron chi connectivity index (χ2n) is 5.22. The molecule has 3 rings (SSSR count). The number of H-pyrrole nitrogens is 1. The third kappa shape index (κ3) is 2.67. The molecule has 3 aromatic rings. The number of fused-ring (bicyclic) bond motifs is 1. The molecule has 0 aliphatic rings. The van der Waals surface area contributed by atoms with E-state index in [1.165, 1.54) is 16.9 Å². The molecular weight excluding hydrogens is 316 g/mol. The number of carboxylic acid groups (broad SMARTS) is 1. The Labute approximate surface area is 136 Å². The first-order chi connectivity index (χ1) is 10.5. The van der Waals surface area contributed by atoms with Crippen molar-refractivity contribution in [2.45, 2.75) is 20.3 Å². The Balaban J connectivity index is 2.09. The fourth-order valence-electron chi connectivity index (χ4n) is 2.49. The molecule has 4 nitrogen and oxygen atoms in total. The SMILES string of the molecule is Cc1cccc(Cc2nc3sc(C(=O)O)c(C)c3c(=S)[nH]2)c1. The number of rotatable bonds is 3. The van der Waals surface area contributed by atoms with Crippen LogP contribution in [0.25, 0.3) is 10.2 Å². The largest absolute Gasteiger partial charge is 0.477 e. The number of benzene rings is 1. The van der Waals surface area contributed by atoms with Crippen LogP contribution in [-0.2, 0) is 6.42 Å². The van der Waals surface area contributed by atoms with Crippen molar-refractivity contribution in [1.82, 2.24) is 9.97 Å². The first-order valence-electron chi connectivity index (χ1n) is 6.77. The van der Waals surface area contributed by atoms with Gasteiger partial charge >= 0.3 is 5.97 Å². The maximum absolute atomic E-state index is 11.3. The van der Waals surface area contributed by atoms with Crippen LogP contribution >= 0.6 is 23.6 Å². The number of aryl methyl sites for hydroxylation is 2. The van der Waals surface area contributed by atoms with Crippen LogP contribution in [0.3, 0.4) is 0 Å².